The molecule has 1 saturated carbocycles. The lowest BCUT2D eigenvalue weighted by molar-refractivity contribution is -0.148. The molecule has 0 bridgehead atoms. The van der Waals surface area contributed by atoms with Crippen LogP contribution in [-0.4, -0.2) is 36.8 Å². The van der Waals surface area contributed by atoms with Crippen LogP contribution in [0.1, 0.15) is 46.5 Å². The van der Waals surface area contributed by atoms with Crippen LogP contribution in [-0.2, 0) is 0 Å². The maximum absolute atomic E-state index is 12.6. The third-order valence-electron chi connectivity index (χ3n) is 4.46. The first kappa shape index (κ1) is 17.8. The molecule has 0 heterocycles. The zero-order valence-corrected chi connectivity index (χ0v) is 12.9. The first-order chi connectivity index (χ1) is 9.23. The fourth-order valence-corrected chi connectivity index (χ4v) is 3.28. The van der Waals surface area contributed by atoms with Crippen LogP contribution in [0.15, 0.2) is 0 Å². The van der Waals surface area contributed by atoms with E-state index in [0.29, 0.717) is 24.9 Å². The van der Waals surface area contributed by atoms with Crippen molar-refractivity contribution in [2.24, 2.45) is 23.5 Å². The first-order valence-corrected chi connectivity index (χ1v) is 7.77. The number of hydrogen-bond donors (Lipinski definition) is 1. The lowest BCUT2D eigenvalue weighted by Crippen LogP contribution is -2.46. The van der Waals surface area contributed by atoms with Crippen LogP contribution in [0, 0.1) is 17.8 Å². The molecule has 120 valence electrons. The molecule has 2 nitrogen and oxygen atoms in total. The average molecular weight is 294 g/mol. The molecular formula is C15H29F3N2. The Balaban J connectivity index is 2.60. The second-order valence-corrected chi connectivity index (χ2v) is 6.59. The smallest absolute Gasteiger partial charge is 0.327 e. The lowest BCUT2D eigenvalue weighted by atomic mass is 9.73. The van der Waals surface area contributed by atoms with Crippen molar-refractivity contribution in [2.45, 2.75) is 58.7 Å². The number of hydrogen-bond acceptors (Lipinski definition) is 2. The summed E-state index contributed by atoms with van der Waals surface area (Å²) in [6, 6.07) is 0.0533. The molecule has 1 fully saturated rings. The quantitative estimate of drug-likeness (QED) is 0.810. The fraction of sp³-hybridized carbons (Fsp3) is 1.00. The minimum absolute atomic E-state index is 0.0533. The minimum atomic E-state index is -4.12. The summed E-state index contributed by atoms with van der Waals surface area (Å²) in [7, 11) is 0. The van der Waals surface area contributed by atoms with Crippen molar-refractivity contribution in [2.75, 3.05) is 19.6 Å². The van der Waals surface area contributed by atoms with Gasteiger partial charge in [-0.25, -0.2) is 0 Å². The molecule has 1 rings (SSSR count). The second-order valence-electron chi connectivity index (χ2n) is 6.59. The van der Waals surface area contributed by atoms with Gasteiger partial charge in [-0.3, -0.25) is 4.90 Å². The van der Waals surface area contributed by atoms with Crippen molar-refractivity contribution in [3.8, 4) is 0 Å². The van der Waals surface area contributed by atoms with Crippen LogP contribution >= 0.6 is 0 Å². The Hall–Kier alpha value is -0.290. The molecule has 0 radical (unpaired) electrons. The van der Waals surface area contributed by atoms with Crippen LogP contribution < -0.4 is 5.73 Å². The van der Waals surface area contributed by atoms with Gasteiger partial charge in [0.25, 0.3) is 0 Å². The SMILES string of the molecule is CCCN(CC1CC(C(C)C)CCC1N)CC(F)(F)F. The third kappa shape index (κ3) is 6.00. The Kier molecular flexibility index (Phi) is 6.79. The molecule has 0 aromatic rings. The van der Waals surface area contributed by atoms with Gasteiger partial charge in [-0.1, -0.05) is 20.8 Å². The van der Waals surface area contributed by atoms with Crippen LogP contribution in [0.2, 0.25) is 0 Å². The average Bonchev–Trinajstić information content (AvgIpc) is 2.29. The summed E-state index contributed by atoms with van der Waals surface area (Å²) in [5, 5.41) is 0. The molecule has 2 N–H and O–H groups in total. The van der Waals surface area contributed by atoms with Crippen molar-refractivity contribution < 1.29 is 13.2 Å². The number of nitrogens with zero attached hydrogens (tertiary/aromatic N) is 1. The molecule has 0 saturated heterocycles. The van der Waals surface area contributed by atoms with E-state index in [1.807, 2.05) is 6.92 Å². The highest BCUT2D eigenvalue weighted by Crippen LogP contribution is 2.34. The van der Waals surface area contributed by atoms with Crippen LogP contribution in [0.25, 0.3) is 0 Å². The molecule has 0 aromatic carbocycles. The van der Waals surface area contributed by atoms with Gasteiger partial charge in [0.05, 0.1) is 6.54 Å². The number of nitrogens with two attached hydrogens (primary N) is 1. The highest BCUT2D eigenvalue weighted by molar-refractivity contribution is 4.86. The lowest BCUT2D eigenvalue weighted by Gasteiger charge is -2.38. The maximum atomic E-state index is 12.6. The Morgan fingerprint density at radius 3 is 2.40 bits per heavy atom. The molecule has 0 amide bonds. The number of halogens is 3. The predicted molar refractivity (Wildman–Crippen MR) is 76.4 cm³/mol. The van der Waals surface area contributed by atoms with Gasteiger partial charge in [-0.15, -0.1) is 0 Å². The second kappa shape index (κ2) is 7.64. The highest BCUT2D eigenvalue weighted by atomic mass is 19.4. The highest BCUT2D eigenvalue weighted by Gasteiger charge is 2.34. The Bertz CT molecular complexity index is 279. The molecule has 1 aliphatic carbocycles. The van der Waals surface area contributed by atoms with Gasteiger partial charge in [0.1, 0.15) is 0 Å². The standard InChI is InChI=1S/C15H29F3N2/c1-4-7-20(10-15(16,17)18)9-13-8-12(11(2)3)5-6-14(13)19/h11-14H,4-10,19H2,1-3H3. The third-order valence-corrected chi connectivity index (χ3v) is 4.46. The van der Waals surface area contributed by atoms with Gasteiger partial charge in [0, 0.05) is 12.6 Å². The molecular weight excluding hydrogens is 265 g/mol. The van der Waals surface area contributed by atoms with E-state index in [2.05, 4.69) is 13.8 Å². The molecule has 0 spiro atoms. The van der Waals surface area contributed by atoms with Crippen molar-refractivity contribution in [3.05, 3.63) is 0 Å². The molecule has 3 unspecified atom stereocenters. The van der Waals surface area contributed by atoms with Crippen molar-refractivity contribution >= 4 is 0 Å². The summed E-state index contributed by atoms with van der Waals surface area (Å²) in [5.41, 5.74) is 6.14. The summed E-state index contributed by atoms with van der Waals surface area (Å²) in [6.07, 6.45) is -0.351. The van der Waals surface area contributed by atoms with E-state index in [0.717, 1.165) is 25.7 Å². The van der Waals surface area contributed by atoms with Crippen LogP contribution in [0.4, 0.5) is 13.2 Å². The van der Waals surface area contributed by atoms with Crippen molar-refractivity contribution in [3.63, 3.8) is 0 Å². The van der Waals surface area contributed by atoms with Crippen molar-refractivity contribution in [1.82, 2.24) is 4.90 Å². The molecule has 0 aliphatic heterocycles. The van der Waals surface area contributed by atoms with Gasteiger partial charge >= 0.3 is 6.18 Å². The molecule has 0 aromatic heterocycles. The minimum Gasteiger partial charge on any atom is -0.327 e. The topological polar surface area (TPSA) is 29.3 Å². The van der Waals surface area contributed by atoms with E-state index < -0.39 is 12.7 Å². The fourth-order valence-electron chi connectivity index (χ4n) is 3.28. The predicted octanol–water partition coefficient (Wildman–Crippen LogP) is 3.66. The van der Waals surface area contributed by atoms with Crippen molar-refractivity contribution in [1.29, 1.82) is 0 Å². The Labute approximate surface area is 120 Å². The summed E-state index contributed by atoms with van der Waals surface area (Å²) in [6.45, 7) is 6.47. The van der Waals surface area contributed by atoms with Gasteiger partial charge in [-0.2, -0.15) is 13.2 Å². The summed E-state index contributed by atoms with van der Waals surface area (Å²) >= 11 is 0. The van der Waals surface area contributed by atoms with E-state index in [1.165, 1.54) is 4.90 Å². The zero-order valence-electron chi connectivity index (χ0n) is 12.9. The van der Waals surface area contributed by atoms with Gasteiger partial charge < -0.3 is 5.73 Å². The van der Waals surface area contributed by atoms with E-state index in [1.54, 1.807) is 0 Å². The first-order valence-electron chi connectivity index (χ1n) is 7.77. The zero-order chi connectivity index (χ0) is 15.3. The molecule has 1 aliphatic rings. The molecule has 3 atom stereocenters. The Morgan fingerprint density at radius 2 is 1.90 bits per heavy atom. The van der Waals surface area contributed by atoms with E-state index in [-0.39, 0.29) is 12.0 Å². The normalized spacial score (nSPS) is 28.4. The number of rotatable bonds is 6. The summed E-state index contributed by atoms with van der Waals surface area (Å²) in [4.78, 5) is 1.53. The maximum Gasteiger partial charge on any atom is 0.401 e. The van der Waals surface area contributed by atoms with Gasteiger partial charge in [0.15, 0.2) is 0 Å². The Morgan fingerprint density at radius 1 is 1.25 bits per heavy atom. The molecule has 20 heavy (non-hydrogen) atoms. The van der Waals surface area contributed by atoms with E-state index >= 15 is 0 Å². The summed E-state index contributed by atoms with van der Waals surface area (Å²) in [5.74, 6) is 1.39. The number of alkyl halides is 3. The monoisotopic (exact) mass is 294 g/mol. The van der Waals surface area contributed by atoms with Gasteiger partial charge in [-0.05, 0) is 50.0 Å². The largest absolute Gasteiger partial charge is 0.401 e. The molecule has 5 heteroatoms. The summed E-state index contributed by atoms with van der Waals surface area (Å²) < 4.78 is 37.8. The van der Waals surface area contributed by atoms with Crippen LogP contribution in [0.3, 0.4) is 0 Å². The van der Waals surface area contributed by atoms with Gasteiger partial charge in [0.2, 0.25) is 0 Å². The van der Waals surface area contributed by atoms with E-state index in [9.17, 15) is 13.2 Å². The van der Waals surface area contributed by atoms with Crippen LogP contribution in [0.5, 0.6) is 0 Å². The van der Waals surface area contributed by atoms with E-state index in [4.69, 9.17) is 5.73 Å².